The van der Waals surface area contributed by atoms with Gasteiger partial charge in [-0.2, -0.15) is 0 Å². The van der Waals surface area contributed by atoms with Crippen LogP contribution in [0.25, 0.3) is 0 Å². The number of hydrogen-bond donors (Lipinski definition) is 0. The van der Waals surface area contributed by atoms with Crippen LogP contribution < -0.4 is 14.4 Å². The summed E-state index contributed by atoms with van der Waals surface area (Å²) in [4.78, 5) is 21.4. The van der Waals surface area contributed by atoms with Crippen LogP contribution in [0.2, 0.25) is 0 Å². The Morgan fingerprint density at radius 3 is 2.52 bits per heavy atom. The zero-order valence-corrected chi connectivity index (χ0v) is 18.9. The van der Waals surface area contributed by atoms with Crippen molar-refractivity contribution < 1.29 is 14.3 Å². The van der Waals surface area contributed by atoms with Crippen LogP contribution >= 0.6 is 0 Å². The number of anilines is 1. The Morgan fingerprint density at radius 1 is 1.13 bits per heavy atom. The lowest BCUT2D eigenvalue weighted by molar-refractivity contribution is -0.130. The molecular formula is C24H34N4O3. The maximum absolute atomic E-state index is 12.7. The molecule has 0 N–H and O–H groups in total. The average molecular weight is 427 g/mol. The average Bonchev–Trinajstić information content (AvgIpc) is 3.46. The van der Waals surface area contributed by atoms with Crippen LogP contribution in [0.4, 0.5) is 5.69 Å². The summed E-state index contributed by atoms with van der Waals surface area (Å²) in [7, 11) is 1.69. The van der Waals surface area contributed by atoms with Gasteiger partial charge < -0.3 is 23.8 Å². The SMILES string of the molecule is COc1ccc(N2CCN(C(=O)Cc3cn(C(C)C)cn3)CC2)cc1OC1CCCC1. The minimum absolute atomic E-state index is 0.147. The number of ether oxygens (including phenoxy) is 2. The Balaban J connectivity index is 1.34. The molecule has 1 saturated heterocycles. The Bertz CT molecular complexity index is 881. The van der Waals surface area contributed by atoms with Crippen LogP contribution in [0.15, 0.2) is 30.7 Å². The third-order valence-electron chi connectivity index (χ3n) is 6.32. The maximum atomic E-state index is 12.7. The first-order valence-electron chi connectivity index (χ1n) is 11.4. The molecule has 4 rings (SSSR count). The molecule has 7 heteroatoms. The highest BCUT2D eigenvalue weighted by Crippen LogP contribution is 2.35. The number of nitrogens with zero attached hydrogens (tertiary/aromatic N) is 4. The predicted molar refractivity (Wildman–Crippen MR) is 121 cm³/mol. The van der Waals surface area contributed by atoms with Gasteiger partial charge in [0.2, 0.25) is 5.91 Å². The van der Waals surface area contributed by atoms with Crippen LogP contribution in [0.1, 0.15) is 51.3 Å². The van der Waals surface area contributed by atoms with Crippen molar-refractivity contribution in [3.8, 4) is 11.5 Å². The van der Waals surface area contributed by atoms with Gasteiger partial charge in [0, 0.05) is 50.2 Å². The molecule has 0 bridgehead atoms. The number of carbonyl (C=O) groups excluding carboxylic acids is 1. The summed E-state index contributed by atoms with van der Waals surface area (Å²) in [5.74, 6) is 1.75. The molecule has 2 aliphatic rings. The minimum atomic E-state index is 0.147. The molecule has 1 aliphatic carbocycles. The molecule has 0 unspecified atom stereocenters. The van der Waals surface area contributed by atoms with E-state index in [2.05, 4.69) is 35.9 Å². The lowest BCUT2D eigenvalue weighted by Gasteiger charge is -2.36. The second kappa shape index (κ2) is 9.62. The zero-order chi connectivity index (χ0) is 21.8. The number of piperazine rings is 1. The number of imidazole rings is 1. The number of amides is 1. The highest BCUT2D eigenvalue weighted by molar-refractivity contribution is 5.78. The van der Waals surface area contributed by atoms with E-state index in [-0.39, 0.29) is 12.0 Å². The quantitative estimate of drug-likeness (QED) is 0.676. The van der Waals surface area contributed by atoms with Gasteiger partial charge in [-0.25, -0.2) is 4.98 Å². The Labute approximate surface area is 184 Å². The first kappa shape index (κ1) is 21.5. The monoisotopic (exact) mass is 426 g/mol. The van der Waals surface area contributed by atoms with Crippen molar-refractivity contribution in [2.24, 2.45) is 0 Å². The smallest absolute Gasteiger partial charge is 0.228 e. The van der Waals surface area contributed by atoms with Gasteiger partial charge in [0.05, 0.1) is 31.7 Å². The lowest BCUT2D eigenvalue weighted by atomic mass is 10.2. The Kier molecular flexibility index (Phi) is 6.68. The van der Waals surface area contributed by atoms with Gasteiger partial charge in [0.15, 0.2) is 11.5 Å². The largest absolute Gasteiger partial charge is 0.493 e. The number of methoxy groups -OCH3 is 1. The highest BCUT2D eigenvalue weighted by atomic mass is 16.5. The van der Waals surface area contributed by atoms with Gasteiger partial charge in [0.1, 0.15) is 0 Å². The maximum Gasteiger partial charge on any atom is 0.228 e. The van der Waals surface area contributed by atoms with E-state index < -0.39 is 0 Å². The first-order valence-corrected chi connectivity index (χ1v) is 11.4. The molecule has 7 nitrogen and oxygen atoms in total. The number of aromatic nitrogens is 2. The highest BCUT2D eigenvalue weighted by Gasteiger charge is 2.24. The van der Waals surface area contributed by atoms with Crippen LogP contribution in [0, 0.1) is 0 Å². The van der Waals surface area contributed by atoms with Crippen molar-refractivity contribution in [2.45, 2.75) is 58.1 Å². The molecule has 2 heterocycles. The second-order valence-electron chi connectivity index (χ2n) is 8.81. The van der Waals surface area contributed by atoms with Crippen molar-refractivity contribution in [1.82, 2.24) is 14.5 Å². The third-order valence-corrected chi connectivity index (χ3v) is 6.32. The summed E-state index contributed by atoms with van der Waals surface area (Å²) < 4.78 is 13.8. The molecular weight excluding hydrogens is 392 g/mol. The summed E-state index contributed by atoms with van der Waals surface area (Å²) >= 11 is 0. The zero-order valence-electron chi connectivity index (χ0n) is 18.9. The Hall–Kier alpha value is -2.70. The molecule has 31 heavy (non-hydrogen) atoms. The summed E-state index contributed by atoms with van der Waals surface area (Å²) in [6.45, 7) is 7.26. The van der Waals surface area contributed by atoms with Gasteiger partial charge >= 0.3 is 0 Å². The number of carbonyl (C=O) groups is 1. The fraction of sp³-hybridized carbons (Fsp3) is 0.583. The summed E-state index contributed by atoms with van der Waals surface area (Å²) in [5, 5.41) is 0. The molecule has 0 radical (unpaired) electrons. The van der Waals surface area contributed by atoms with Gasteiger partial charge in [0.25, 0.3) is 0 Å². The van der Waals surface area contributed by atoms with E-state index in [0.717, 1.165) is 48.8 Å². The van der Waals surface area contributed by atoms with Crippen LogP contribution in [0.3, 0.4) is 0 Å². The summed E-state index contributed by atoms with van der Waals surface area (Å²) in [6.07, 6.45) is 9.13. The molecule has 2 aromatic rings. The van der Waals surface area contributed by atoms with Gasteiger partial charge in [-0.15, -0.1) is 0 Å². The van der Waals surface area contributed by atoms with Crippen molar-refractivity contribution in [2.75, 3.05) is 38.2 Å². The van der Waals surface area contributed by atoms with E-state index in [9.17, 15) is 4.79 Å². The normalized spacial score (nSPS) is 17.4. The fourth-order valence-corrected chi connectivity index (χ4v) is 4.37. The van der Waals surface area contributed by atoms with E-state index in [4.69, 9.17) is 9.47 Å². The van der Waals surface area contributed by atoms with Crippen molar-refractivity contribution in [3.63, 3.8) is 0 Å². The van der Waals surface area contributed by atoms with E-state index in [1.54, 1.807) is 13.4 Å². The van der Waals surface area contributed by atoms with E-state index in [1.165, 1.54) is 12.8 Å². The molecule has 1 amide bonds. The molecule has 1 aliphatic heterocycles. The van der Waals surface area contributed by atoms with Gasteiger partial charge in [-0.1, -0.05) is 0 Å². The minimum Gasteiger partial charge on any atom is -0.493 e. The fourth-order valence-electron chi connectivity index (χ4n) is 4.37. The van der Waals surface area contributed by atoms with Crippen molar-refractivity contribution in [3.05, 3.63) is 36.4 Å². The van der Waals surface area contributed by atoms with Crippen LogP contribution in [0.5, 0.6) is 11.5 Å². The Morgan fingerprint density at radius 2 is 1.87 bits per heavy atom. The predicted octanol–water partition coefficient (Wildman–Crippen LogP) is 3.69. The molecule has 0 atom stereocenters. The standard InChI is InChI=1S/C24H34N4O3/c1-18(2)28-16-19(25-17-28)14-24(29)27-12-10-26(11-13-27)20-8-9-22(30-3)23(15-20)31-21-6-4-5-7-21/h8-9,15-18,21H,4-7,10-14H2,1-3H3. The van der Waals surface area contributed by atoms with E-state index in [0.29, 0.717) is 25.6 Å². The summed E-state index contributed by atoms with van der Waals surface area (Å²) in [6, 6.07) is 6.51. The summed E-state index contributed by atoms with van der Waals surface area (Å²) in [5.41, 5.74) is 1.96. The topological polar surface area (TPSA) is 59.8 Å². The molecule has 168 valence electrons. The molecule has 1 aromatic carbocycles. The lowest BCUT2D eigenvalue weighted by Crippen LogP contribution is -2.49. The van der Waals surface area contributed by atoms with Gasteiger partial charge in [-0.3, -0.25) is 4.79 Å². The van der Waals surface area contributed by atoms with E-state index >= 15 is 0 Å². The molecule has 1 aromatic heterocycles. The van der Waals surface area contributed by atoms with E-state index in [1.807, 2.05) is 21.7 Å². The molecule has 1 saturated carbocycles. The van der Waals surface area contributed by atoms with Crippen molar-refractivity contribution >= 4 is 11.6 Å². The second-order valence-corrected chi connectivity index (χ2v) is 8.81. The van der Waals surface area contributed by atoms with Gasteiger partial charge in [-0.05, 0) is 51.7 Å². The first-order chi connectivity index (χ1) is 15.0. The number of rotatable bonds is 7. The number of hydrogen-bond acceptors (Lipinski definition) is 5. The molecule has 2 fully saturated rings. The number of benzene rings is 1. The molecule has 0 spiro atoms. The van der Waals surface area contributed by atoms with Crippen molar-refractivity contribution in [1.29, 1.82) is 0 Å². The van der Waals surface area contributed by atoms with Crippen LogP contribution in [-0.2, 0) is 11.2 Å². The van der Waals surface area contributed by atoms with Crippen LogP contribution in [-0.4, -0.2) is 59.8 Å². The third kappa shape index (κ3) is 5.14.